The van der Waals surface area contributed by atoms with Crippen molar-refractivity contribution in [3.63, 3.8) is 0 Å². The molecular weight excluding hydrogens is 223 g/mol. The topological polar surface area (TPSA) is 30.0 Å². The van der Waals surface area contributed by atoms with Crippen molar-refractivity contribution in [2.75, 3.05) is 0 Å². The fourth-order valence-electron chi connectivity index (χ4n) is 0.709. The van der Waals surface area contributed by atoms with Crippen molar-refractivity contribution in [3.05, 3.63) is 28.5 Å². The second-order valence-electron chi connectivity index (χ2n) is 2.17. The Hall–Kier alpha value is -0.740. The Balaban J connectivity index is 3.13. The molecule has 2 nitrogen and oxygen atoms in total. The first kappa shape index (κ1) is 10.3. The van der Waals surface area contributed by atoms with Gasteiger partial charge in [-0.25, -0.2) is 8.78 Å². The lowest BCUT2D eigenvalue weighted by molar-refractivity contribution is 0.107. The van der Waals surface area contributed by atoms with E-state index < -0.39 is 17.2 Å². The van der Waals surface area contributed by atoms with Gasteiger partial charge in [-0.3, -0.25) is 9.78 Å². The highest BCUT2D eigenvalue weighted by Gasteiger charge is 2.14. The first-order chi connectivity index (χ1) is 6.02. The molecule has 1 aromatic heterocycles. The van der Waals surface area contributed by atoms with E-state index in [0.717, 1.165) is 12.3 Å². The van der Waals surface area contributed by atoms with Crippen LogP contribution in [0, 0.1) is 0 Å². The largest absolute Gasteiger partial charge is 0.274 e. The summed E-state index contributed by atoms with van der Waals surface area (Å²) in [5.41, 5.74) is -0.556. The van der Waals surface area contributed by atoms with Gasteiger partial charge in [-0.1, -0.05) is 11.6 Å². The summed E-state index contributed by atoms with van der Waals surface area (Å²) in [5, 5.41) is -1.04. The summed E-state index contributed by atoms with van der Waals surface area (Å²) in [4.78, 5) is 13.9. The smallest absolute Gasteiger partial charge is 0.270 e. The molecule has 0 saturated heterocycles. The number of halogens is 4. The van der Waals surface area contributed by atoms with Crippen molar-refractivity contribution < 1.29 is 13.6 Å². The molecule has 0 aliphatic rings. The standard InChI is InChI=1S/C7H3Cl2F2NO/c8-4-1-5(6(9)13)12-2-3(4)7(10)11/h1-2,7H. The summed E-state index contributed by atoms with van der Waals surface area (Å²) >= 11 is 10.5. The van der Waals surface area contributed by atoms with Gasteiger partial charge in [-0.2, -0.15) is 0 Å². The molecule has 0 fully saturated rings. The average Bonchev–Trinajstić information content (AvgIpc) is 2.03. The van der Waals surface area contributed by atoms with Gasteiger partial charge in [0.05, 0.1) is 10.6 Å². The van der Waals surface area contributed by atoms with E-state index in [1.807, 2.05) is 0 Å². The van der Waals surface area contributed by atoms with Gasteiger partial charge >= 0.3 is 0 Å². The Morgan fingerprint density at radius 3 is 2.54 bits per heavy atom. The molecule has 0 atom stereocenters. The van der Waals surface area contributed by atoms with Gasteiger partial charge in [-0.15, -0.1) is 0 Å². The van der Waals surface area contributed by atoms with Crippen molar-refractivity contribution in [1.82, 2.24) is 4.98 Å². The zero-order chi connectivity index (χ0) is 10.0. The predicted octanol–water partition coefficient (Wildman–Crippen LogP) is 3.05. The van der Waals surface area contributed by atoms with Crippen LogP contribution >= 0.6 is 23.2 Å². The van der Waals surface area contributed by atoms with Crippen molar-refractivity contribution in [2.45, 2.75) is 6.43 Å². The van der Waals surface area contributed by atoms with E-state index in [4.69, 9.17) is 23.2 Å². The maximum absolute atomic E-state index is 12.1. The Kier molecular flexibility index (Phi) is 3.17. The lowest BCUT2D eigenvalue weighted by Gasteiger charge is -2.02. The van der Waals surface area contributed by atoms with Crippen LogP contribution in [0.4, 0.5) is 8.78 Å². The molecule has 0 amide bonds. The quantitative estimate of drug-likeness (QED) is 0.725. The van der Waals surface area contributed by atoms with Crippen molar-refractivity contribution in [2.24, 2.45) is 0 Å². The molecule has 1 heterocycles. The monoisotopic (exact) mass is 225 g/mol. The third kappa shape index (κ3) is 2.35. The maximum atomic E-state index is 12.1. The average molecular weight is 226 g/mol. The second kappa shape index (κ2) is 3.98. The van der Waals surface area contributed by atoms with Crippen molar-refractivity contribution in [1.29, 1.82) is 0 Å². The SMILES string of the molecule is O=C(Cl)c1cc(Cl)c(C(F)F)cn1. The first-order valence-electron chi connectivity index (χ1n) is 3.16. The number of alkyl halides is 2. The Morgan fingerprint density at radius 1 is 1.54 bits per heavy atom. The number of carbonyl (C=O) groups excluding carboxylic acids is 1. The molecular formula is C7H3Cl2F2NO. The van der Waals surface area contributed by atoms with Gasteiger partial charge in [0, 0.05) is 6.20 Å². The maximum Gasteiger partial charge on any atom is 0.270 e. The van der Waals surface area contributed by atoms with E-state index in [-0.39, 0.29) is 10.7 Å². The fraction of sp³-hybridized carbons (Fsp3) is 0.143. The number of carbonyl (C=O) groups is 1. The van der Waals surface area contributed by atoms with E-state index in [1.54, 1.807) is 0 Å². The van der Waals surface area contributed by atoms with E-state index in [9.17, 15) is 13.6 Å². The first-order valence-corrected chi connectivity index (χ1v) is 3.91. The normalized spacial score (nSPS) is 10.5. The van der Waals surface area contributed by atoms with E-state index in [2.05, 4.69) is 4.98 Å². The van der Waals surface area contributed by atoms with Crippen LogP contribution < -0.4 is 0 Å². The molecule has 0 unspecified atom stereocenters. The van der Waals surface area contributed by atoms with Crippen LogP contribution in [-0.2, 0) is 0 Å². The van der Waals surface area contributed by atoms with Crippen molar-refractivity contribution >= 4 is 28.4 Å². The molecule has 0 saturated carbocycles. The number of aromatic nitrogens is 1. The van der Waals surface area contributed by atoms with E-state index in [1.165, 1.54) is 0 Å². The van der Waals surface area contributed by atoms with Gasteiger partial charge in [0.25, 0.3) is 11.7 Å². The molecule has 13 heavy (non-hydrogen) atoms. The van der Waals surface area contributed by atoms with Crippen LogP contribution in [0.15, 0.2) is 12.3 Å². The molecule has 0 N–H and O–H groups in total. The number of hydrogen-bond donors (Lipinski definition) is 0. The minimum absolute atomic E-state index is 0.143. The summed E-state index contributed by atoms with van der Waals surface area (Å²) < 4.78 is 24.2. The number of rotatable bonds is 2. The molecule has 1 rings (SSSR count). The van der Waals surface area contributed by atoms with Gasteiger partial charge in [0.1, 0.15) is 5.69 Å². The minimum atomic E-state index is -2.71. The Morgan fingerprint density at radius 2 is 2.15 bits per heavy atom. The highest BCUT2D eigenvalue weighted by atomic mass is 35.5. The molecule has 1 aromatic rings. The van der Waals surface area contributed by atoms with Gasteiger partial charge in [0.2, 0.25) is 0 Å². The lowest BCUT2D eigenvalue weighted by Crippen LogP contribution is -1.96. The molecule has 6 heteroatoms. The van der Waals surface area contributed by atoms with Crippen LogP contribution in [0.3, 0.4) is 0 Å². The Labute approximate surface area is 82.5 Å². The second-order valence-corrected chi connectivity index (χ2v) is 2.92. The van der Waals surface area contributed by atoms with Gasteiger partial charge in [0.15, 0.2) is 0 Å². The molecule has 0 bridgehead atoms. The molecule has 0 aliphatic heterocycles. The summed E-state index contributed by atoms with van der Waals surface area (Å²) in [7, 11) is 0. The molecule has 0 radical (unpaired) electrons. The third-order valence-electron chi connectivity index (χ3n) is 1.32. The molecule has 0 aliphatic carbocycles. The fourth-order valence-corrected chi connectivity index (χ4v) is 1.05. The van der Waals surface area contributed by atoms with Gasteiger partial charge in [-0.05, 0) is 17.7 Å². The molecule has 0 spiro atoms. The van der Waals surface area contributed by atoms with Crippen molar-refractivity contribution in [3.8, 4) is 0 Å². The van der Waals surface area contributed by atoms with E-state index in [0.29, 0.717) is 0 Å². The minimum Gasteiger partial charge on any atom is -0.274 e. The highest BCUT2D eigenvalue weighted by Crippen LogP contribution is 2.26. The van der Waals surface area contributed by atoms with Crippen LogP contribution in [0.5, 0.6) is 0 Å². The number of hydrogen-bond acceptors (Lipinski definition) is 2. The summed E-state index contributed by atoms with van der Waals surface area (Å²) in [5.74, 6) is 0. The highest BCUT2D eigenvalue weighted by molar-refractivity contribution is 6.67. The summed E-state index contributed by atoms with van der Waals surface area (Å²) in [6, 6.07) is 1.01. The molecule has 0 aromatic carbocycles. The summed E-state index contributed by atoms with van der Waals surface area (Å²) in [6.07, 6.45) is -1.87. The lowest BCUT2D eigenvalue weighted by atomic mass is 10.2. The zero-order valence-electron chi connectivity index (χ0n) is 6.10. The number of pyridine rings is 1. The van der Waals surface area contributed by atoms with Crippen LogP contribution in [0.1, 0.15) is 22.5 Å². The predicted molar refractivity (Wildman–Crippen MR) is 44.4 cm³/mol. The zero-order valence-corrected chi connectivity index (χ0v) is 7.61. The van der Waals surface area contributed by atoms with E-state index >= 15 is 0 Å². The Bertz CT molecular complexity index is 343. The molecule has 70 valence electrons. The summed E-state index contributed by atoms with van der Waals surface area (Å²) in [6.45, 7) is 0. The third-order valence-corrected chi connectivity index (χ3v) is 1.84. The number of nitrogens with zero attached hydrogens (tertiary/aromatic N) is 1. The van der Waals surface area contributed by atoms with Gasteiger partial charge < -0.3 is 0 Å². The van der Waals surface area contributed by atoms with Crippen LogP contribution in [0.2, 0.25) is 5.02 Å². The van der Waals surface area contributed by atoms with Crippen LogP contribution in [-0.4, -0.2) is 10.2 Å². The van der Waals surface area contributed by atoms with Crippen LogP contribution in [0.25, 0.3) is 0 Å².